The van der Waals surface area contributed by atoms with Crippen molar-refractivity contribution in [2.75, 3.05) is 18.0 Å². The fraction of sp³-hybridized carbons (Fsp3) is 0.783. The van der Waals surface area contributed by atoms with Crippen molar-refractivity contribution in [3.8, 4) is 11.8 Å². The smallest absolute Gasteiger partial charge is 0.252 e. The summed E-state index contributed by atoms with van der Waals surface area (Å²) in [4.78, 5) is 7.37. The zero-order valence-corrected chi connectivity index (χ0v) is 23.6. The van der Waals surface area contributed by atoms with E-state index < -0.39 is 16.6 Å². The van der Waals surface area contributed by atoms with E-state index in [4.69, 9.17) is 13.8 Å². The van der Waals surface area contributed by atoms with Gasteiger partial charge in [-0.2, -0.15) is 4.98 Å². The van der Waals surface area contributed by atoms with Crippen LogP contribution >= 0.6 is 0 Å². The van der Waals surface area contributed by atoms with E-state index in [1.807, 2.05) is 0 Å². The quantitative estimate of drug-likeness (QED) is 0.418. The third-order valence-corrected chi connectivity index (χ3v) is 15.6. The van der Waals surface area contributed by atoms with E-state index in [0.717, 1.165) is 36.0 Å². The molecule has 1 aromatic heterocycles. The van der Waals surface area contributed by atoms with Gasteiger partial charge in [0.15, 0.2) is 0 Å². The van der Waals surface area contributed by atoms with Crippen molar-refractivity contribution in [2.45, 2.75) is 106 Å². The Morgan fingerprint density at radius 3 is 1.28 bits per heavy atom. The van der Waals surface area contributed by atoms with E-state index in [1.165, 1.54) is 5.69 Å². The molecule has 1 rings (SSSR count). The van der Waals surface area contributed by atoms with Gasteiger partial charge in [-0.05, 0) is 64.0 Å². The minimum absolute atomic E-state index is 0.113. The molecule has 0 fully saturated rings. The third-order valence-electron chi connectivity index (χ3n) is 6.95. The largest absolute Gasteiger partial charge is 0.530 e. The number of hydrogen-bond donors (Lipinski definition) is 0. The molecule has 6 heteroatoms. The first-order valence-corrected chi connectivity index (χ1v) is 16.9. The van der Waals surface area contributed by atoms with Crippen molar-refractivity contribution in [1.29, 1.82) is 0 Å². The Hall–Kier alpha value is -1.02. The molecule has 0 aliphatic heterocycles. The molecule has 168 valence electrons. The highest BCUT2D eigenvalue weighted by Crippen LogP contribution is 2.44. The lowest BCUT2D eigenvalue weighted by molar-refractivity contribution is 0.441. The van der Waals surface area contributed by atoms with Crippen LogP contribution in [0.2, 0.25) is 36.3 Å². The Balaban J connectivity index is 3.68. The zero-order chi connectivity index (χ0) is 23.0. The molecule has 0 unspecified atom stereocenters. The highest BCUT2D eigenvalue weighted by Gasteiger charge is 2.42. The van der Waals surface area contributed by atoms with Gasteiger partial charge in [-0.15, -0.1) is 0 Å². The van der Waals surface area contributed by atoms with Crippen LogP contribution in [0.5, 0.6) is 11.8 Å². The minimum atomic E-state index is -2.02. The topological polar surface area (TPSA) is 34.6 Å². The molecule has 0 aromatic carbocycles. The van der Waals surface area contributed by atoms with Gasteiger partial charge in [0.2, 0.25) is 11.8 Å². The number of pyridine rings is 1. The molecule has 1 heterocycles. The summed E-state index contributed by atoms with van der Waals surface area (Å²) in [6, 6.07) is 0. The molecule has 0 bridgehead atoms. The lowest BCUT2D eigenvalue weighted by Crippen LogP contribution is -2.45. The first-order valence-electron chi connectivity index (χ1n) is 11.0. The van der Waals surface area contributed by atoms with E-state index in [0.29, 0.717) is 0 Å². The van der Waals surface area contributed by atoms with Gasteiger partial charge in [0, 0.05) is 24.2 Å². The van der Waals surface area contributed by atoms with Crippen LogP contribution in [0.15, 0.2) is 0 Å². The van der Waals surface area contributed by atoms with E-state index in [9.17, 15) is 0 Å². The second-order valence-corrected chi connectivity index (χ2v) is 20.7. The number of hydrogen-bond acceptors (Lipinski definition) is 4. The Morgan fingerprint density at radius 2 is 1.03 bits per heavy atom. The molecule has 0 spiro atoms. The molecule has 29 heavy (non-hydrogen) atoms. The minimum Gasteiger partial charge on any atom is -0.530 e. The van der Waals surface area contributed by atoms with E-state index in [-0.39, 0.29) is 10.1 Å². The first kappa shape index (κ1) is 26.0. The number of anilines is 1. The summed E-state index contributed by atoms with van der Waals surface area (Å²) in [5.41, 5.74) is 3.46. The second-order valence-electron chi connectivity index (χ2n) is 11.2. The lowest BCUT2D eigenvalue weighted by atomic mass is 10.1. The molecule has 1 aromatic rings. The molecular formula is C23H46N2O2Si2. The van der Waals surface area contributed by atoms with Crippen LogP contribution in [0.3, 0.4) is 0 Å². The monoisotopic (exact) mass is 438 g/mol. The highest BCUT2D eigenvalue weighted by atomic mass is 28.4. The van der Waals surface area contributed by atoms with Gasteiger partial charge in [0.1, 0.15) is 0 Å². The van der Waals surface area contributed by atoms with Crippen molar-refractivity contribution in [2.24, 2.45) is 0 Å². The van der Waals surface area contributed by atoms with Gasteiger partial charge < -0.3 is 13.8 Å². The van der Waals surface area contributed by atoms with Crippen LogP contribution < -0.4 is 13.8 Å². The summed E-state index contributed by atoms with van der Waals surface area (Å²) in [5, 5.41) is 0.226. The number of nitrogens with zero attached hydrogens (tertiary/aromatic N) is 2. The molecule has 0 saturated carbocycles. The van der Waals surface area contributed by atoms with E-state index >= 15 is 0 Å². The fourth-order valence-corrected chi connectivity index (χ4v) is 4.72. The maximum Gasteiger partial charge on any atom is 0.252 e. The maximum absolute atomic E-state index is 6.71. The third kappa shape index (κ3) is 5.57. The molecule has 0 N–H and O–H groups in total. The van der Waals surface area contributed by atoms with Crippen molar-refractivity contribution < 1.29 is 8.85 Å². The molecule has 0 aliphatic carbocycles. The average Bonchev–Trinajstić information content (AvgIpc) is 2.53. The van der Waals surface area contributed by atoms with E-state index in [1.54, 1.807) is 0 Å². The Kier molecular flexibility index (Phi) is 7.73. The van der Waals surface area contributed by atoms with Crippen molar-refractivity contribution >= 4 is 22.3 Å². The normalized spacial score (nSPS) is 13.4. The Morgan fingerprint density at radius 1 is 0.724 bits per heavy atom. The standard InChI is InChI=1S/C23H46N2O2Si2/c1-15-25(16-2)19-17(3)20(26-28(11,12)22(5,6)7)24-21(18(19)4)27-29(13,14)23(8,9)10/h15-16H2,1-14H3. The molecule has 0 aliphatic rings. The Bertz CT molecular complexity index is 661. The number of aromatic nitrogens is 1. The predicted octanol–water partition coefficient (Wildman–Crippen LogP) is 7.31. The van der Waals surface area contributed by atoms with Crippen molar-refractivity contribution in [3.63, 3.8) is 0 Å². The highest BCUT2D eigenvalue weighted by molar-refractivity contribution is 6.75. The van der Waals surface area contributed by atoms with Gasteiger partial charge in [-0.1, -0.05) is 41.5 Å². The van der Waals surface area contributed by atoms with Crippen LogP contribution in [0.1, 0.15) is 66.5 Å². The van der Waals surface area contributed by atoms with Gasteiger partial charge in [0.05, 0.1) is 5.69 Å². The summed E-state index contributed by atoms with van der Waals surface area (Å²) in [6.45, 7) is 33.3. The molecule has 0 radical (unpaired) electrons. The molecule has 0 amide bonds. The summed E-state index contributed by atoms with van der Waals surface area (Å²) >= 11 is 0. The molecule has 4 nitrogen and oxygen atoms in total. The molecule has 0 saturated heterocycles. The predicted molar refractivity (Wildman–Crippen MR) is 133 cm³/mol. The van der Waals surface area contributed by atoms with Crippen LogP contribution in [0.25, 0.3) is 0 Å². The van der Waals surface area contributed by atoms with Gasteiger partial charge in [-0.25, -0.2) is 0 Å². The number of rotatable bonds is 7. The van der Waals surface area contributed by atoms with Gasteiger partial charge >= 0.3 is 0 Å². The summed E-state index contributed by atoms with van der Waals surface area (Å²) in [5.74, 6) is 1.50. The van der Waals surface area contributed by atoms with Gasteiger partial charge in [0.25, 0.3) is 16.6 Å². The fourth-order valence-electron chi connectivity index (χ4n) is 2.75. The van der Waals surface area contributed by atoms with Crippen LogP contribution in [0, 0.1) is 13.8 Å². The van der Waals surface area contributed by atoms with Crippen LogP contribution in [-0.4, -0.2) is 34.7 Å². The Labute approximate surface area is 182 Å². The SMILES string of the molecule is CCN(CC)c1c(C)c(O[Si](C)(C)C(C)(C)C)nc(O[Si](C)(C)C(C)(C)C)c1C. The van der Waals surface area contributed by atoms with Crippen molar-refractivity contribution in [1.82, 2.24) is 4.98 Å². The van der Waals surface area contributed by atoms with E-state index in [2.05, 4.69) is 100 Å². The summed E-state index contributed by atoms with van der Waals surface area (Å²) in [7, 11) is -4.03. The molecular weight excluding hydrogens is 392 g/mol. The zero-order valence-electron chi connectivity index (χ0n) is 21.6. The lowest BCUT2D eigenvalue weighted by Gasteiger charge is -2.39. The summed E-state index contributed by atoms with van der Waals surface area (Å²) in [6.07, 6.45) is 0. The molecule has 0 atom stereocenters. The van der Waals surface area contributed by atoms with Crippen LogP contribution in [-0.2, 0) is 0 Å². The van der Waals surface area contributed by atoms with Gasteiger partial charge in [-0.3, -0.25) is 0 Å². The van der Waals surface area contributed by atoms with Crippen LogP contribution in [0.4, 0.5) is 5.69 Å². The summed E-state index contributed by atoms with van der Waals surface area (Å²) < 4.78 is 13.4. The second kappa shape index (κ2) is 8.62. The van der Waals surface area contributed by atoms with Crippen molar-refractivity contribution in [3.05, 3.63) is 11.1 Å². The maximum atomic E-state index is 6.71. The first-order chi connectivity index (χ1) is 12.9. The average molecular weight is 439 g/mol.